The fraction of sp³-hybridized carbons (Fsp3) is 0.500. The first-order chi connectivity index (χ1) is 7.38. The number of ether oxygens (including phenoxy) is 1. The molecule has 0 unspecified atom stereocenters. The fourth-order valence-electron chi connectivity index (χ4n) is 0.795. The summed E-state index contributed by atoms with van der Waals surface area (Å²) in [5, 5.41) is 0.243. The summed E-state index contributed by atoms with van der Waals surface area (Å²) in [6.45, 7) is 4.21. The molecule has 0 radical (unpaired) electrons. The van der Waals surface area contributed by atoms with E-state index in [1.807, 2.05) is 13.8 Å². The fourth-order valence-corrected chi connectivity index (χ4v) is 0.943. The highest BCUT2D eigenvalue weighted by molar-refractivity contribution is 6.30. The number of rotatable bonds is 2. The highest BCUT2D eigenvalue weighted by Crippen LogP contribution is 2.23. The Balaban J connectivity index is 0.00000106. The maximum Gasteiger partial charge on any atom is 0.422 e. The van der Waals surface area contributed by atoms with Gasteiger partial charge in [-0.25, -0.2) is 0 Å². The number of aromatic nitrogens is 1. The predicted octanol–water partition coefficient (Wildman–Crippen LogP) is 4.01. The first-order valence-corrected chi connectivity index (χ1v) is 5.08. The van der Waals surface area contributed by atoms with Crippen molar-refractivity contribution in [3.05, 3.63) is 23.0 Å². The Morgan fingerprint density at radius 2 is 1.94 bits per heavy atom. The standard InChI is InChI=1S/C8H7ClF3NO.C2H6/c1-5-7(2-6(9)3-13-5)14-4-8(10,11)12;1-2/h2-3H,4H2,1H3;1-2H3. The molecular weight excluding hydrogens is 243 g/mol. The van der Waals surface area contributed by atoms with Crippen LogP contribution in [-0.2, 0) is 0 Å². The zero-order valence-electron chi connectivity index (χ0n) is 9.23. The zero-order valence-corrected chi connectivity index (χ0v) is 9.99. The summed E-state index contributed by atoms with van der Waals surface area (Å²) in [7, 11) is 0. The van der Waals surface area contributed by atoms with E-state index < -0.39 is 12.8 Å². The molecule has 0 bridgehead atoms. The summed E-state index contributed by atoms with van der Waals surface area (Å²) in [5.41, 5.74) is 0.374. The van der Waals surface area contributed by atoms with Crippen LogP contribution >= 0.6 is 11.6 Å². The van der Waals surface area contributed by atoms with Crippen LogP contribution in [0.5, 0.6) is 5.75 Å². The summed E-state index contributed by atoms with van der Waals surface area (Å²) in [4.78, 5) is 3.76. The third-order valence-corrected chi connectivity index (χ3v) is 1.61. The van der Waals surface area contributed by atoms with Gasteiger partial charge in [-0.05, 0) is 6.92 Å². The number of hydrogen-bond acceptors (Lipinski definition) is 2. The first kappa shape index (κ1) is 15.0. The molecule has 0 aromatic carbocycles. The Kier molecular flexibility index (Phi) is 6.18. The van der Waals surface area contributed by atoms with E-state index in [4.69, 9.17) is 11.6 Å². The lowest BCUT2D eigenvalue weighted by Crippen LogP contribution is -2.19. The van der Waals surface area contributed by atoms with E-state index in [1.54, 1.807) is 6.92 Å². The van der Waals surface area contributed by atoms with Crippen LogP contribution in [0, 0.1) is 6.92 Å². The maximum atomic E-state index is 11.8. The van der Waals surface area contributed by atoms with Crippen molar-refractivity contribution in [3.8, 4) is 5.75 Å². The predicted molar refractivity (Wildman–Crippen MR) is 56.9 cm³/mol. The van der Waals surface area contributed by atoms with Gasteiger partial charge in [0.25, 0.3) is 0 Å². The Bertz CT molecular complexity index is 328. The van der Waals surface area contributed by atoms with E-state index in [0.717, 1.165) is 0 Å². The molecule has 0 atom stereocenters. The van der Waals surface area contributed by atoms with Crippen molar-refractivity contribution in [2.24, 2.45) is 0 Å². The molecule has 0 spiro atoms. The largest absolute Gasteiger partial charge is 0.482 e. The molecule has 2 nitrogen and oxygen atoms in total. The summed E-state index contributed by atoms with van der Waals surface area (Å²) in [6, 6.07) is 1.30. The average Bonchev–Trinajstić information content (AvgIpc) is 2.21. The van der Waals surface area contributed by atoms with Crippen LogP contribution in [0.2, 0.25) is 5.02 Å². The SMILES string of the molecule is CC.Cc1ncc(Cl)cc1OCC(F)(F)F. The van der Waals surface area contributed by atoms with Gasteiger partial charge in [-0.3, -0.25) is 4.98 Å². The molecule has 0 aliphatic heterocycles. The van der Waals surface area contributed by atoms with Crippen LogP contribution in [0.1, 0.15) is 19.5 Å². The van der Waals surface area contributed by atoms with Gasteiger partial charge < -0.3 is 4.74 Å². The first-order valence-electron chi connectivity index (χ1n) is 4.70. The lowest BCUT2D eigenvalue weighted by Gasteiger charge is -2.10. The molecule has 0 fully saturated rings. The molecule has 0 N–H and O–H groups in total. The van der Waals surface area contributed by atoms with Crippen LogP contribution in [-0.4, -0.2) is 17.8 Å². The molecule has 1 rings (SSSR count). The molecule has 1 heterocycles. The van der Waals surface area contributed by atoms with Crippen molar-refractivity contribution < 1.29 is 17.9 Å². The Labute approximate surface area is 97.4 Å². The summed E-state index contributed by atoms with van der Waals surface area (Å²) in [6.07, 6.45) is -3.01. The Morgan fingerprint density at radius 3 is 2.44 bits per heavy atom. The number of pyridine rings is 1. The summed E-state index contributed by atoms with van der Waals surface area (Å²) in [5.74, 6) is 0.0508. The van der Waals surface area contributed by atoms with Crippen molar-refractivity contribution in [1.29, 1.82) is 0 Å². The molecule has 0 aliphatic rings. The van der Waals surface area contributed by atoms with Crippen LogP contribution in [0.4, 0.5) is 13.2 Å². The highest BCUT2D eigenvalue weighted by Gasteiger charge is 2.28. The van der Waals surface area contributed by atoms with Crippen LogP contribution < -0.4 is 4.74 Å². The normalized spacial score (nSPS) is 10.4. The van der Waals surface area contributed by atoms with E-state index in [-0.39, 0.29) is 10.8 Å². The quantitative estimate of drug-likeness (QED) is 0.797. The van der Waals surface area contributed by atoms with Crippen LogP contribution in [0.25, 0.3) is 0 Å². The van der Waals surface area contributed by atoms with Gasteiger partial charge in [0.2, 0.25) is 0 Å². The van der Waals surface area contributed by atoms with Gasteiger partial charge in [-0.15, -0.1) is 0 Å². The van der Waals surface area contributed by atoms with E-state index in [0.29, 0.717) is 5.69 Å². The smallest absolute Gasteiger partial charge is 0.422 e. The van der Waals surface area contributed by atoms with Crippen molar-refractivity contribution >= 4 is 11.6 Å². The molecular formula is C10H13ClF3NO. The van der Waals surface area contributed by atoms with Crippen molar-refractivity contribution in [2.75, 3.05) is 6.61 Å². The van der Waals surface area contributed by atoms with Crippen molar-refractivity contribution in [1.82, 2.24) is 4.98 Å². The van der Waals surface area contributed by atoms with Gasteiger partial charge in [-0.2, -0.15) is 13.2 Å². The maximum absolute atomic E-state index is 11.8. The van der Waals surface area contributed by atoms with Gasteiger partial charge in [0.05, 0.1) is 10.7 Å². The molecule has 92 valence electrons. The Morgan fingerprint density at radius 1 is 1.38 bits per heavy atom. The number of alkyl halides is 3. The Hall–Kier alpha value is -0.970. The molecule has 6 heteroatoms. The monoisotopic (exact) mass is 255 g/mol. The number of hydrogen-bond donors (Lipinski definition) is 0. The average molecular weight is 256 g/mol. The van der Waals surface area contributed by atoms with Crippen LogP contribution in [0.15, 0.2) is 12.3 Å². The number of nitrogens with zero attached hydrogens (tertiary/aromatic N) is 1. The van der Waals surface area contributed by atoms with E-state index in [9.17, 15) is 13.2 Å². The van der Waals surface area contributed by atoms with Gasteiger partial charge in [0, 0.05) is 12.3 Å². The molecule has 16 heavy (non-hydrogen) atoms. The highest BCUT2D eigenvalue weighted by atomic mass is 35.5. The minimum Gasteiger partial charge on any atom is -0.482 e. The van der Waals surface area contributed by atoms with Gasteiger partial charge >= 0.3 is 6.18 Å². The molecule has 1 aromatic rings. The van der Waals surface area contributed by atoms with E-state index in [2.05, 4.69) is 9.72 Å². The topological polar surface area (TPSA) is 22.1 Å². The third kappa shape index (κ3) is 5.80. The van der Waals surface area contributed by atoms with Crippen LogP contribution in [0.3, 0.4) is 0 Å². The molecule has 0 saturated heterocycles. The van der Waals surface area contributed by atoms with Gasteiger partial charge in [0.15, 0.2) is 6.61 Å². The summed E-state index contributed by atoms with van der Waals surface area (Å²) < 4.78 is 39.9. The molecule has 0 saturated carbocycles. The minimum absolute atomic E-state index is 0.0508. The van der Waals surface area contributed by atoms with E-state index >= 15 is 0 Å². The second-order valence-corrected chi connectivity index (χ2v) is 3.08. The van der Waals surface area contributed by atoms with E-state index in [1.165, 1.54) is 12.3 Å². The van der Waals surface area contributed by atoms with Gasteiger partial charge in [0.1, 0.15) is 5.75 Å². The second-order valence-electron chi connectivity index (χ2n) is 2.64. The lowest BCUT2D eigenvalue weighted by molar-refractivity contribution is -0.153. The summed E-state index contributed by atoms with van der Waals surface area (Å²) >= 11 is 5.54. The molecule has 0 amide bonds. The second kappa shape index (κ2) is 6.58. The molecule has 0 aliphatic carbocycles. The zero-order chi connectivity index (χ0) is 12.8. The molecule has 1 aromatic heterocycles. The number of halogens is 4. The number of aryl methyl sites for hydroxylation is 1. The van der Waals surface area contributed by atoms with Gasteiger partial charge in [-0.1, -0.05) is 25.4 Å². The van der Waals surface area contributed by atoms with Crippen molar-refractivity contribution in [3.63, 3.8) is 0 Å². The van der Waals surface area contributed by atoms with Crippen molar-refractivity contribution in [2.45, 2.75) is 26.9 Å². The third-order valence-electron chi connectivity index (χ3n) is 1.40. The minimum atomic E-state index is -4.35. The lowest BCUT2D eigenvalue weighted by atomic mass is 10.3.